The first-order valence-electron chi connectivity index (χ1n) is 10.8. The van der Waals surface area contributed by atoms with Gasteiger partial charge in [-0.2, -0.15) is 0 Å². The largest absolute Gasteiger partial charge is 0.479 e. The molecular weight excluding hydrogens is 438 g/mol. The van der Waals surface area contributed by atoms with Crippen molar-refractivity contribution in [2.45, 2.75) is 58.5 Å². The third-order valence-corrected chi connectivity index (χ3v) is 7.05. The molecule has 0 aromatic heterocycles. The van der Waals surface area contributed by atoms with E-state index < -0.39 is 32.9 Å². The van der Waals surface area contributed by atoms with Crippen molar-refractivity contribution >= 4 is 32.5 Å². The molecule has 0 aliphatic rings. The number of aryl methyl sites for hydroxylation is 1. The van der Waals surface area contributed by atoms with Gasteiger partial charge >= 0.3 is 5.97 Å². The molecule has 3 aromatic carbocycles. The van der Waals surface area contributed by atoms with Gasteiger partial charge in [0.1, 0.15) is 0 Å². The van der Waals surface area contributed by atoms with Crippen LogP contribution in [0.2, 0.25) is 0 Å². The van der Waals surface area contributed by atoms with E-state index in [-0.39, 0.29) is 0 Å². The van der Waals surface area contributed by atoms with Crippen LogP contribution in [0.4, 0.5) is 5.69 Å². The van der Waals surface area contributed by atoms with Gasteiger partial charge in [0.05, 0.1) is 10.9 Å². The van der Waals surface area contributed by atoms with E-state index in [1.165, 1.54) is 0 Å². The highest BCUT2D eigenvalue weighted by Gasteiger charge is 2.31. The van der Waals surface area contributed by atoms with Crippen LogP contribution in [0.15, 0.2) is 54.6 Å². The Bertz CT molecular complexity index is 1290. The first-order valence-corrected chi connectivity index (χ1v) is 12.4. The standard InChI is InChI=1S/C26H31NO5S/c1-16(2)33(30,31)27-20-12-9-11-19(15-20)23-21-13-8-7-10-18(21)14-17(3)22(23)24(25(28)29)32-26(4,5)6/h7-16,24,27H,1-6H3,(H,28,29)/t24-/m0/s1. The fourth-order valence-corrected chi connectivity index (χ4v) is 4.45. The minimum absolute atomic E-state index is 0.418. The van der Waals surface area contributed by atoms with Crippen LogP contribution in [0, 0.1) is 6.92 Å². The number of fused-ring (bicyclic) bond motifs is 1. The van der Waals surface area contributed by atoms with Crippen LogP contribution in [0.25, 0.3) is 21.9 Å². The van der Waals surface area contributed by atoms with Crippen LogP contribution in [-0.4, -0.2) is 30.3 Å². The fraction of sp³-hybridized carbons (Fsp3) is 0.346. The van der Waals surface area contributed by atoms with Gasteiger partial charge in [0.25, 0.3) is 0 Å². The van der Waals surface area contributed by atoms with Gasteiger partial charge < -0.3 is 9.84 Å². The molecule has 0 aliphatic heterocycles. The molecule has 176 valence electrons. The van der Waals surface area contributed by atoms with Crippen molar-refractivity contribution in [3.63, 3.8) is 0 Å². The second-order valence-electron chi connectivity index (χ2n) is 9.43. The Kier molecular flexibility index (Phi) is 6.86. The van der Waals surface area contributed by atoms with Crippen LogP contribution in [0.1, 0.15) is 51.8 Å². The van der Waals surface area contributed by atoms with E-state index in [9.17, 15) is 18.3 Å². The molecule has 3 rings (SSSR count). The summed E-state index contributed by atoms with van der Waals surface area (Å²) in [6, 6.07) is 16.7. The summed E-state index contributed by atoms with van der Waals surface area (Å²) in [6.07, 6.45) is -1.19. The quantitative estimate of drug-likeness (QED) is 0.449. The molecule has 0 spiro atoms. The van der Waals surface area contributed by atoms with E-state index in [0.29, 0.717) is 22.4 Å². The molecule has 7 heteroatoms. The van der Waals surface area contributed by atoms with Gasteiger partial charge in [-0.15, -0.1) is 0 Å². The predicted molar refractivity (Wildman–Crippen MR) is 133 cm³/mol. The fourth-order valence-electron chi connectivity index (χ4n) is 3.76. The zero-order chi connectivity index (χ0) is 24.6. The van der Waals surface area contributed by atoms with E-state index in [4.69, 9.17) is 4.74 Å². The monoisotopic (exact) mass is 469 g/mol. The zero-order valence-electron chi connectivity index (χ0n) is 19.8. The van der Waals surface area contributed by atoms with Crippen molar-refractivity contribution < 1.29 is 23.1 Å². The number of carbonyl (C=O) groups is 1. The lowest BCUT2D eigenvalue weighted by Gasteiger charge is -2.28. The number of aliphatic carboxylic acids is 1. The molecule has 1 atom stereocenters. The highest BCUT2D eigenvalue weighted by Crippen LogP contribution is 2.41. The number of ether oxygens (including phenoxy) is 1. The molecule has 3 aromatic rings. The molecule has 0 saturated heterocycles. The molecule has 0 bridgehead atoms. The number of hydrogen-bond acceptors (Lipinski definition) is 4. The number of hydrogen-bond donors (Lipinski definition) is 2. The summed E-state index contributed by atoms with van der Waals surface area (Å²) in [6.45, 7) is 10.6. The predicted octanol–water partition coefficient (Wildman–Crippen LogP) is 5.91. The summed E-state index contributed by atoms with van der Waals surface area (Å²) in [5.74, 6) is -1.08. The number of sulfonamides is 1. The van der Waals surface area contributed by atoms with Crippen molar-refractivity contribution in [1.29, 1.82) is 0 Å². The molecule has 2 N–H and O–H groups in total. The van der Waals surface area contributed by atoms with Gasteiger partial charge in [-0.05, 0) is 81.1 Å². The number of benzene rings is 3. The summed E-state index contributed by atoms with van der Waals surface area (Å²) in [7, 11) is -3.53. The first kappa shape index (κ1) is 24.7. The molecule has 0 saturated carbocycles. The second-order valence-corrected chi connectivity index (χ2v) is 11.7. The van der Waals surface area contributed by atoms with E-state index in [1.54, 1.807) is 32.0 Å². The number of rotatable bonds is 7. The van der Waals surface area contributed by atoms with Crippen molar-refractivity contribution in [2.75, 3.05) is 4.72 Å². The van der Waals surface area contributed by atoms with Crippen molar-refractivity contribution in [1.82, 2.24) is 0 Å². The highest BCUT2D eigenvalue weighted by molar-refractivity contribution is 7.93. The Hall–Kier alpha value is -2.90. The van der Waals surface area contributed by atoms with Crippen molar-refractivity contribution in [3.8, 4) is 11.1 Å². The number of carboxylic acids is 1. The van der Waals surface area contributed by atoms with E-state index in [2.05, 4.69) is 4.72 Å². The average molecular weight is 470 g/mol. The maximum atomic E-state index is 12.4. The Morgan fingerprint density at radius 2 is 1.70 bits per heavy atom. The Labute approximate surface area is 195 Å². The number of anilines is 1. The van der Waals surface area contributed by atoms with Crippen LogP contribution >= 0.6 is 0 Å². The summed E-state index contributed by atoms with van der Waals surface area (Å²) in [5.41, 5.74) is 2.49. The summed E-state index contributed by atoms with van der Waals surface area (Å²) in [4.78, 5) is 12.4. The highest BCUT2D eigenvalue weighted by atomic mass is 32.2. The minimum Gasteiger partial charge on any atom is -0.479 e. The molecule has 33 heavy (non-hydrogen) atoms. The van der Waals surface area contributed by atoms with Crippen LogP contribution in [-0.2, 0) is 19.6 Å². The van der Waals surface area contributed by atoms with Crippen molar-refractivity contribution in [2.24, 2.45) is 0 Å². The summed E-state index contributed by atoms with van der Waals surface area (Å²) in [5, 5.41) is 11.3. The minimum atomic E-state index is -3.53. The Morgan fingerprint density at radius 1 is 1.03 bits per heavy atom. The van der Waals surface area contributed by atoms with Crippen LogP contribution in [0.3, 0.4) is 0 Å². The molecule has 0 fully saturated rings. The van der Waals surface area contributed by atoms with Crippen LogP contribution < -0.4 is 4.72 Å². The Morgan fingerprint density at radius 3 is 2.30 bits per heavy atom. The second kappa shape index (κ2) is 9.15. The van der Waals surface area contributed by atoms with Gasteiger partial charge in [0, 0.05) is 11.3 Å². The van der Waals surface area contributed by atoms with Crippen molar-refractivity contribution in [3.05, 3.63) is 65.7 Å². The van der Waals surface area contributed by atoms with Crippen LogP contribution in [0.5, 0.6) is 0 Å². The number of nitrogens with one attached hydrogen (secondary N) is 1. The molecule has 0 heterocycles. The van der Waals surface area contributed by atoms with Gasteiger partial charge in [0.15, 0.2) is 6.10 Å². The van der Waals surface area contributed by atoms with Gasteiger partial charge in [-0.3, -0.25) is 4.72 Å². The number of carboxylic acid groups (broad SMARTS) is 1. The van der Waals surface area contributed by atoms with Gasteiger partial charge in [-0.1, -0.05) is 42.5 Å². The zero-order valence-corrected chi connectivity index (χ0v) is 20.7. The van der Waals surface area contributed by atoms with E-state index in [0.717, 1.165) is 16.3 Å². The maximum absolute atomic E-state index is 12.4. The summed E-state index contributed by atoms with van der Waals surface area (Å²) >= 11 is 0. The third-order valence-electron chi connectivity index (χ3n) is 5.29. The maximum Gasteiger partial charge on any atom is 0.337 e. The Balaban J connectivity index is 2.31. The SMILES string of the molecule is Cc1cc2ccccc2c(-c2cccc(NS(=O)(=O)C(C)C)c2)c1[C@H](OC(C)(C)C)C(=O)O. The summed E-state index contributed by atoms with van der Waals surface area (Å²) < 4.78 is 33.5. The molecular formula is C26H31NO5S. The average Bonchev–Trinajstić information content (AvgIpc) is 2.70. The molecule has 0 unspecified atom stereocenters. The lowest BCUT2D eigenvalue weighted by Crippen LogP contribution is -2.28. The molecule has 0 radical (unpaired) electrons. The molecule has 0 amide bonds. The lowest BCUT2D eigenvalue weighted by atomic mass is 9.87. The van der Waals surface area contributed by atoms with Gasteiger partial charge in [0.2, 0.25) is 10.0 Å². The topological polar surface area (TPSA) is 92.7 Å². The van der Waals surface area contributed by atoms with E-state index in [1.807, 2.05) is 64.1 Å². The third kappa shape index (κ3) is 5.54. The lowest BCUT2D eigenvalue weighted by molar-refractivity contribution is -0.160. The van der Waals surface area contributed by atoms with Gasteiger partial charge in [-0.25, -0.2) is 13.2 Å². The molecule has 6 nitrogen and oxygen atoms in total. The van der Waals surface area contributed by atoms with E-state index >= 15 is 0 Å². The normalized spacial score (nSPS) is 13.3. The smallest absolute Gasteiger partial charge is 0.337 e. The molecule has 0 aliphatic carbocycles. The first-order chi connectivity index (χ1) is 15.3.